The number of ether oxygens (including phenoxy) is 4. The fraction of sp³-hybridized carbons (Fsp3) is 0.321. The van der Waals surface area contributed by atoms with Crippen LogP contribution in [-0.2, 0) is 15.9 Å². The maximum absolute atomic E-state index is 13.0. The van der Waals surface area contributed by atoms with Gasteiger partial charge >= 0.3 is 5.97 Å². The number of aliphatic hydroxyl groups excluding tert-OH is 4. The highest BCUT2D eigenvalue weighted by Crippen LogP contribution is 2.45. The summed E-state index contributed by atoms with van der Waals surface area (Å²) < 4.78 is 23.2. The molecule has 3 aromatic carbocycles. The zero-order valence-electron chi connectivity index (χ0n) is 20.9. The minimum absolute atomic E-state index is 0.0206. The van der Waals surface area contributed by atoms with Crippen molar-refractivity contribution < 1.29 is 59.5 Å². The molecule has 12 heteroatoms. The Morgan fingerprint density at radius 3 is 2.35 bits per heavy atom. The number of phenolic OH excluding ortho intramolecular Hbond substituents is 3. The summed E-state index contributed by atoms with van der Waals surface area (Å²) in [6.45, 7) is -0.662. The molecule has 5 rings (SSSR count). The number of carbonyl (C=O) groups is 1. The largest absolute Gasteiger partial charge is 0.508 e. The van der Waals surface area contributed by atoms with Gasteiger partial charge in [0.1, 0.15) is 47.8 Å². The number of phenols is 3. The molecule has 0 spiro atoms. The summed E-state index contributed by atoms with van der Waals surface area (Å²) in [7, 11) is 0. The summed E-state index contributed by atoms with van der Waals surface area (Å²) in [6.07, 6.45) is -9.75. The Labute approximate surface area is 227 Å². The van der Waals surface area contributed by atoms with Crippen LogP contribution in [0, 0.1) is 0 Å². The normalized spacial score (nSPS) is 27.8. The van der Waals surface area contributed by atoms with Crippen molar-refractivity contribution in [2.45, 2.75) is 49.3 Å². The molecule has 1 fully saturated rings. The Morgan fingerprint density at radius 1 is 0.900 bits per heavy atom. The molecule has 1 saturated heterocycles. The maximum atomic E-state index is 13.0. The first kappa shape index (κ1) is 27.5. The zero-order chi connectivity index (χ0) is 28.6. The van der Waals surface area contributed by atoms with Gasteiger partial charge in [0, 0.05) is 29.7 Å². The van der Waals surface area contributed by atoms with E-state index in [0.29, 0.717) is 11.1 Å². The minimum atomic E-state index is -1.71. The molecule has 0 radical (unpaired) electrons. The fourth-order valence-electron chi connectivity index (χ4n) is 4.71. The van der Waals surface area contributed by atoms with Gasteiger partial charge in [0.15, 0.2) is 17.6 Å². The quantitative estimate of drug-likeness (QED) is 0.168. The highest BCUT2D eigenvalue weighted by molar-refractivity contribution is 5.89. The second kappa shape index (κ2) is 11.2. The van der Waals surface area contributed by atoms with E-state index in [2.05, 4.69) is 0 Å². The van der Waals surface area contributed by atoms with Crippen LogP contribution in [0.2, 0.25) is 0 Å². The second-order valence-corrected chi connectivity index (χ2v) is 9.54. The molecule has 12 nitrogen and oxygen atoms in total. The molecule has 3 aromatic rings. The van der Waals surface area contributed by atoms with Crippen LogP contribution in [0.25, 0.3) is 0 Å². The molecule has 0 saturated carbocycles. The van der Waals surface area contributed by atoms with Gasteiger partial charge in [-0.05, 0) is 24.3 Å². The highest BCUT2D eigenvalue weighted by atomic mass is 16.7. The lowest BCUT2D eigenvalue weighted by molar-refractivity contribution is -0.277. The van der Waals surface area contributed by atoms with Crippen molar-refractivity contribution in [2.24, 2.45) is 0 Å². The Kier molecular flexibility index (Phi) is 7.70. The summed E-state index contributed by atoms with van der Waals surface area (Å²) in [6, 6.07) is 14.8. The molecule has 0 amide bonds. The minimum Gasteiger partial charge on any atom is -0.508 e. The van der Waals surface area contributed by atoms with Crippen molar-refractivity contribution in [1.82, 2.24) is 0 Å². The van der Waals surface area contributed by atoms with E-state index < -0.39 is 61.2 Å². The van der Waals surface area contributed by atoms with E-state index in [9.17, 15) is 40.5 Å². The van der Waals surface area contributed by atoms with Crippen LogP contribution in [0.1, 0.15) is 27.6 Å². The molecule has 2 heterocycles. The van der Waals surface area contributed by atoms with Gasteiger partial charge in [-0.15, -0.1) is 0 Å². The summed E-state index contributed by atoms with van der Waals surface area (Å²) in [5.74, 6) is -1.62. The SMILES string of the molecule is O=C(O[C@@H]1Cc2c(O[C@@H]3O[C@H](CO)[C@@H](O)[C@H](O)[C@@H]3O)cc(O)cc2O[C@@H]1c1ccc(O)c(O)c1)c1ccccc1. The third-order valence-electron chi connectivity index (χ3n) is 6.84. The van der Waals surface area contributed by atoms with Crippen molar-refractivity contribution in [3.05, 3.63) is 77.4 Å². The number of aliphatic hydroxyl groups is 4. The molecule has 212 valence electrons. The molecule has 2 aliphatic rings. The lowest BCUT2D eigenvalue weighted by atomic mass is 9.93. The first-order valence-electron chi connectivity index (χ1n) is 12.4. The van der Waals surface area contributed by atoms with Gasteiger partial charge in [0.2, 0.25) is 6.29 Å². The number of carbonyl (C=O) groups excluding carboxylic acids is 1. The molecular formula is C28H28O12. The molecule has 40 heavy (non-hydrogen) atoms. The third kappa shape index (κ3) is 5.35. The van der Waals surface area contributed by atoms with Gasteiger partial charge in [-0.1, -0.05) is 24.3 Å². The fourth-order valence-corrected chi connectivity index (χ4v) is 4.71. The number of fused-ring (bicyclic) bond motifs is 1. The molecule has 0 bridgehead atoms. The molecule has 2 aliphatic heterocycles. The Hall–Kier alpha value is -4.07. The molecule has 7 N–H and O–H groups in total. The monoisotopic (exact) mass is 556 g/mol. The summed E-state index contributed by atoms with van der Waals surface area (Å²) in [5, 5.41) is 70.4. The van der Waals surface area contributed by atoms with Gasteiger partial charge < -0.3 is 54.7 Å². The number of hydrogen-bond donors (Lipinski definition) is 7. The van der Waals surface area contributed by atoms with Crippen LogP contribution in [0.5, 0.6) is 28.7 Å². The van der Waals surface area contributed by atoms with Crippen molar-refractivity contribution in [2.75, 3.05) is 6.61 Å². The summed E-state index contributed by atoms with van der Waals surface area (Å²) in [4.78, 5) is 13.0. The molecule has 0 unspecified atom stereocenters. The lowest BCUT2D eigenvalue weighted by Gasteiger charge is -2.40. The highest BCUT2D eigenvalue weighted by Gasteiger charge is 2.45. The number of rotatable bonds is 6. The van der Waals surface area contributed by atoms with Gasteiger partial charge in [0.25, 0.3) is 0 Å². The molecule has 7 atom stereocenters. The van der Waals surface area contributed by atoms with E-state index in [0.717, 1.165) is 0 Å². The van der Waals surface area contributed by atoms with E-state index in [1.165, 1.54) is 30.3 Å². The maximum Gasteiger partial charge on any atom is 0.338 e. The average Bonchev–Trinajstić information content (AvgIpc) is 2.95. The second-order valence-electron chi connectivity index (χ2n) is 9.54. The third-order valence-corrected chi connectivity index (χ3v) is 6.84. The topological polar surface area (TPSA) is 196 Å². The van der Waals surface area contributed by atoms with Crippen LogP contribution >= 0.6 is 0 Å². The van der Waals surface area contributed by atoms with E-state index in [4.69, 9.17) is 18.9 Å². The van der Waals surface area contributed by atoms with Crippen molar-refractivity contribution in [3.8, 4) is 28.7 Å². The summed E-state index contributed by atoms with van der Waals surface area (Å²) in [5.41, 5.74) is 0.968. The smallest absolute Gasteiger partial charge is 0.338 e. The first-order chi connectivity index (χ1) is 19.2. The predicted octanol–water partition coefficient (Wildman–Crippen LogP) is 0.884. The number of esters is 1. The summed E-state index contributed by atoms with van der Waals surface area (Å²) >= 11 is 0. The average molecular weight is 557 g/mol. The number of hydrogen-bond acceptors (Lipinski definition) is 12. The Balaban J connectivity index is 1.50. The standard InChI is InChI=1S/C28H28O12/c29-12-22-23(33)24(34)25(35)28(40-22)39-20-10-15(30)9-19-16(20)11-21(38-27(36)13-4-2-1-3-5-13)26(37-19)14-6-7-17(31)18(32)8-14/h1-10,21-26,28-35H,11-12H2/t21-,22-,23-,24+,25+,26-,28-/m1/s1. The van der Waals surface area contributed by atoms with E-state index in [1.807, 2.05) is 0 Å². The van der Waals surface area contributed by atoms with Crippen molar-refractivity contribution in [3.63, 3.8) is 0 Å². The van der Waals surface area contributed by atoms with Gasteiger partial charge in [-0.3, -0.25) is 0 Å². The van der Waals surface area contributed by atoms with Crippen molar-refractivity contribution in [1.29, 1.82) is 0 Å². The van der Waals surface area contributed by atoms with Gasteiger partial charge in [-0.25, -0.2) is 4.79 Å². The van der Waals surface area contributed by atoms with E-state index in [-0.39, 0.29) is 35.0 Å². The Morgan fingerprint density at radius 2 is 1.65 bits per heavy atom. The number of benzene rings is 3. The molecule has 0 aliphatic carbocycles. The Bertz CT molecular complexity index is 1360. The van der Waals surface area contributed by atoms with Crippen LogP contribution in [0.4, 0.5) is 0 Å². The van der Waals surface area contributed by atoms with E-state index in [1.54, 1.807) is 30.3 Å². The lowest BCUT2D eigenvalue weighted by Crippen LogP contribution is -2.60. The van der Waals surface area contributed by atoms with Crippen LogP contribution in [0.3, 0.4) is 0 Å². The molecular weight excluding hydrogens is 528 g/mol. The van der Waals surface area contributed by atoms with Gasteiger partial charge in [-0.2, -0.15) is 0 Å². The zero-order valence-corrected chi connectivity index (χ0v) is 20.9. The van der Waals surface area contributed by atoms with Crippen LogP contribution in [0.15, 0.2) is 60.7 Å². The predicted molar refractivity (Wildman–Crippen MR) is 135 cm³/mol. The van der Waals surface area contributed by atoms with Crippen molar-refractivity contribution >= 4 is 5.97 Å². The van der Waals surface area contributed by atoms with Gasteiger partial charge in [0.05, 0.1) is 12.2 Å². The van der Waals surface area contributed by atoms with E-state index >= 15 is 0 Å². The number of aromatic hydroxyl groups is 3. The van der Waals surface area contributed by atoms with Crippen LogP contribution in [-0.4, -0.2) is 85.1 Å². The molecule has 0 aromatic heterocycles. The first-order valence-corrected chi connectivity index (χ1v) is 12.4. The van der Waals surface area contributed by atoms with Crippen LogP contribution < -0.4 is 9.47 Å².